The number of halogens is 3. The monoisotopic (exact) mass is 1780 g/mol. The molecule has 18 rings (SSSR count). The Kier molecular flexibility index (Phi) is 24.0. The SMILES string of the molecule is Cc1nn(-c2[c-]c(Oc3ccccn3)ccc2)c(C)c1-c1ccc2c(c1)-c1ccccc1S2(=O)=O.Cc1nn(-c2[c-]c(Oc3ccccn3)ccc2)c(C)c1-c1ccc2oc3ccccc3c2c1.Cc1nn(-c2[c-]c(Oc3ccccn3)ccc2)c(C)c1-c1ccc2sc3ccccc3c2c1.[Cl][Pd+].[Cl][Pd+].[Cl][Pd+]. The van der Waals surface area contributed by atoms with Crippen LogP contribution in [0.5, 0.6) is 34.9 Å². The number of nitrogens with zero attached hydrogens (tertiary/aromatic N) is 9. The molecule has 0 unspecified atom stereocenters. The van der Waals surface area contributed by atoms with Crippen molar-refractivity contribution < 1.29 is 81.6 Å². The molecule has 0 saturated carbocycles. The van der Waals surface area contributed by atoms with Gasteiger partial charge in [-0.2, -0.15) is 33.5 Å². The number of aryl methyl sites for hydroxylation is 3. The van der Waals surface area contributed by atoms with E-state index in [4.69, 9.17) is 33.9 Å². The number of rotatable bonds is 12. The Morgan fingerprint density at radius 3 is 1.26 bits per heavy atom. The van der Waals surface area contributed by atoms with Gasteiger partial charge in [-0.05, 0) is 148 Å². The summed E-state index contributed by atoms with van der Waals surface area (Å²) >= 11 is 8.50. The quantitative estimate of drug-likeness (QED) is 0.0840. The number of hydrogen-bond acceptors (Lipinski definition) is 13. The van der Waals surface area contributed by atoms with E-state index in [2.05, 4.69) is 198 Å². The second-order valence-electron chi connectivity index (χ2n) is 24.2. The molecule has 107 heavy (non-hydrogen) atoms. The first-order valence-corrected chi connectivity index (χ1v) is 41.3. The Morgan fingerprint density at radius 1 is 0.374 bits per heavy atom. The van der Waals surface area contributed by atoms with E-state index < -0.39 is 9.84 Å². The zero-order valence-corrected chi connectivity index (χ0v) is 66.2. The van der Waals surface area contributed by atoms with Gasteiger partial charge in [-0.25, -0.2) is 23.4 Å². The maximum absolute atomic E-state index is 13.0. The van der Waals surface area contributed by atoms with Gasteiger partial charge in [0, 0.05) is 130 Å². The average molecular weight is 1780 g/mol. The number of pyridine rings is 3. The number of thiophene rings is 1. The van der Waals surface area contributed by atoms with Crippen molar-refractivity contribution in [3.63, 3.8) is 0 Å². The van der Waals surface area contributed by atoms with Gasteiger partial charge in [0.15, 0.2) is 0 Å². The molecular formula is C84H60Cl3N9O6Pd3S2. The summed E-state index contributed by atoms with van der Waals surface area (Å²) in [6.45, 7) is 12.2. The van der Waals surface area contributed by atoms with E-state index >= 15 is 0 Å². The second-order valence-corrected chi connectivity index (χ2v) is 27.2. The number of furan rings is 1. The molecule has 0 radical (unpaired) electrons. The standard InChI is InChI=1S/C28H20N3O3S.C28H20N3O2.C28H20N3OS.3ClH.3Pd/c1-18-28(20-13-14-26-24(16-20)23-10-3-4-11-25(23)35(26,32)33)19(2)31(30-18)21-8-7-9-22(17-21)34-27-12-5-6-15-29-27;2*1-18-28(20-13-14-26-24(16-20)23-10-3-4-11-25(23)33-26)19(2)31(30-18)21-8-7-9-22(17-21)32-27-12-5-6-15-29-27;;;;;;/h3-16H,1-2H3;2*3-16H,1-2H3;3*1H;;;/q3*-1;;;;3*+2/p-3. The van der Waals surface area contributed by atoms with Crippen LogP contribution in [-0.4, -0.2) is 52.7 Å². The molecule has 1 aliphatic heterocycles. The van der Waals surface area contributed by atoms with Gasteiger partial charge in [-0.3, -0.25) is 14.0 Å². The summed E-state index contributed by atoms with van der Waals surface area (Å²) < 4.78 is 57.8. The van der Waals surface area contributed by atoms with E-state index in [9.17, 15) is 8.42 Å². The van der Waals surface area contributed by atoms with E-state index in [-0.39, 0.29) is 0 Å². The normalized spacial score (nSPS) is 11.5. The van der Waals surface area contributed by atoms with Crippen LogP contribution in [0, 0.1) is 59.7 Å². The van der Waals surface area contributed by atoms with E-state index in [1.807, 2.05) is 198 Å². The summed E-state index contributed by atoms with van der Waals surface area (Å²) in [5.41, 5.74) is 17.8. The predicted octanol–water partition coefficient (Wildman–Crippen LogP) is 22.6. The van der Waals surface area contributed by atoms with Crippen LogP contribution in [-0.2, 0) is 64.4 Å². The third kappa shape index (κ3) is 15.9. The Hall–Kier alpha value is -9.71. The second kappa shape index (κ2) is 34.0. The summed E-state index contributed by atoms with van der Waals surface area (Å²) in [6.07, 6.45) is 5.08. The van der Waals surface area contributed by atoms with Crippen molar-refractivity contribution in [2.45, 2.75) is 51.3 Å². The number of aromatic nitrogens is 9. The summed E-state index contributed by atoms with van der Waals surface area (Å²) in [5, 5.41) is 19.3. The molecule has 0 spiro atoms. The molecule has 9 aromatic carbocycles. The molecule has 0 fully saturated rings. The van der Waals surface area contributed by atoms with Crippen molar-refractivity contribution >= 4 is 91.9 Å². The van der Waals surface area contributed by atoms with Crippen LogP contribution >= 0.6 is 39.9 Å². The van der Waals surface area contributed by atoms with Gasteiger partial charge in [0.1, 0.15) is 11.2 Å². The molecule has 0 aliphatic carbocycles. The summed E-state index contributed by atoms with van der Waals surface area (Å²) in [7, 11) is 9.97. The number of benzene rings is 9. The van der Waals surface area contributed by atoms with Crippen LogP contribution in [0.4, 0.5) is 0 Å². The van der Waals surface area contributed by atoms with Crippen LogP contribution in [0.15, 0.2) is 269 Å². The van der Waals surface area contributed by atoms with Gasteiger partial charge < -0.3 is 18.6 Å². The molecule has 23 heteroatoms. The third-order valence-electron chi connectivity index (χ3n) is 17.7. The van der Waals surface area contributed by atoms with Crippen molar-refractivity contribution in [3.8, 4) is 96.5 Å². The minimum atomic E-state index is -3.50. The first-order chi connectivity index (χ1) is 52.3. The number of sulfone groups is 1. The number of fused-ring (bicyclic) bond motifs is 9. The topological polar surface area (TPSA) is 167 Å². The fraction of sp³-hybridized carbons (Fsp3) is 0.0714. The first kappa shape index (κ1) is 75.5. The van der Waals surface area contributed by atoms with Gasteiger partial charge in [-0.15, -0.1) is 65.9 Å². The molecule has 0 saturated heterocycles. The zero-order valence-electron chi connectivity index (χ0n) is 57.6. The molecule has 1 aliphatic rings. The summed E-state index contributed by atoms with van der Waals surface area (Å²) in [5.74, 6) is 3.29. The van der Waals surface area contributed by atoms with Crippen LogP contribution in [0.3, 0.4) is 0 Å². The van der Waals surface area contributed by atoms with Crippen molar-refractivity contribution in [2.75, 3.05) is 0 Å². The molecule has 0 atom stereocenters. The van der Waals surface area contributed by atoms with Crippen LogP contribution < -0.4 is 14.2 Å². The summed E-state index contributed by atoms with van der Waals surface area (Å²) in [4.78, 5) is 13.4. The van der Waals surface area contributed by atoms with Crippen molar-refractivity contribution in [2.24, 2.45) is 0 Å². The molecule has 17 aromatic rings. The number of ether oxygens (including phenoxy) is 3. The minimum absolute atomic E-state index is 0.345. The zero-order chi connectivity index (χ0) is 74.9. The molecule has 9 heterocycles. The molecule has 15 nitrogen and oxygen atoms in total. The van der Waals surface area contributed by atoms with Gasteiger partial charge in [-0.1, -0.05) is 91.0 Å². The Balaban J connectivity index is 0.000000137. The predicted molar refractivity (Wildman–Crippen MR) is 413 cm³/mol. The number of para-hydroxylation sites is 1. The molecule has 8 aromatic heterocycles. The Bertz CT molecular complexity index is 5910. The summed E-state index contributed by atoms with van der Waals surface area (Å²) in [6, 6.07) is 86.1. The van der Waals surface area contributed by atoms with Crippen molar-refractivity contribution in [1.82, 2.24) is 44.3 Å². The van der Waals surface area contributed by atoms with E-state index in [0.717, 1.165) is 112 Å². The van der Waals surface area contributed by atoms with Gasteiger partial charge in [0.05, 0.1) is 26.9 Å². The molecule has 0 bridgehead atoms. The van der Waals surface area contributed by atoms with Gasteiger partial charge in [0.2, 0.25) is 27.5 Å². The third-order valence-corrected chi connectivity index (χ3v) is 20.8. The first-order valence-electron chi connectivity index (χ1n) is 33.0. The van der Waals surface area contributed by atoms with Gasteiger partial charge >= 0.3 is 83.1 Å². The molecular weight excluding hydrogens is 1720 g/mol. The van der Waals surface area contributed by atoms with E-state index in [1.165, 1.54) is 25.7 Å². The fourth-order valence-corrected chi connectivity index (χ4v) is 16.0. The van der Waals surface area contributed by atoms with E-state index in [1.54, 1.807) is 42.9 Å². The van der Waals surface area contributed by atoms with Gasteiger partial charge in [0.25, 0.3) is 0 Å². The van der Waals surface area contributed by atoms with E-state index in [0.29, 0.717) is 44.7 Å². The number of hydrogen-bond donors (Lipinski definition) is 0. The average Bonchev–Trinajstić information content (AvgIpc) is 1.59. The fourth-order valence-electron chi connectivity index (χ4n) is 13.2. The maximum atomic E-state index is 13.0. The van der Waals surface area contributed by atoms with Crippen molar-refractivity contribution in [3.05, 3.63) is 308 Å². The molecule has 0 N–H and O–H groups in total. The van der Waals surface area contributed by atoms with Crippen LogP contribution in [0.2, 0.25) is 0 Å². The molecule has 0 amide bonds. The Labute approximate surface area is 666 Å². The Morgan fingerprint density at radius 2 is 0.766 bits per heavy atom. The molecule has 540 valence electrons. The van der Waals surface area contributed by atoms with Crippen LogP contribution in [0.1, 0.15) is 34.2 Å². The van der Waals surface area contributed by atoms with Crippen LogP contribution in [0.25, 0.3) is 104 Å². The van der Waals surface area contributed by atoms with Crippen molar-refractivity contribution in [1.29, 1.82) is 0 Å².